The quantitative estimate of drug-likeness (QED) is 0.788. The Kier molecular flexibility index (Phi) is 6.13. The zero-order valence-electron chi connectivity index (χ0n) is 16.7. The highest BCUT2D eigenvalue weighted by Crippen LogP contribution is 2.28. The second-order valence-electron chi connectivity index (χ2n) is 8.02. The number of hydrogen-bond donors (Lipinski definition) is 1. The maximum Gasteiger partial charge on any atom is 0.227 e. The Bertz CT molecular complexity index is 862. The minimum absolute atomic E-state index is 0.109. The molecule has 0 atom stereocenters. The van der Waals surface area contributed by atoms with E-state index in [1.165, 1.54) is 12.8 Å². The van der Waals surface area contributed by atoms with E-state index in [-0.39, 0.29) is 11.8 Å². The SMILES string of the molecule is O=C(CCc1ccc2c(c1)CN(C(=O)Cc1ccccc1)CCO2)NCC1CC1. The lowest BCUT2D eigenvalue weighted by atomic mass is 10.0. The lowest BCUT2D eigenvalue weighted by Crippen LogP contribution is -2.33. The van der Waals surface area contributed by atoms with Crippen molar-refractivity contribution in [3.05, 3.63) is 65.2 Å². The number of nitrogens with zero attached hydrogens (tertiary/aromatic N) is 1. The molecule has 0 radical (unpaired) electrons. The molecule has 5 heteroatoms. The van der Waals surface area contributed by atoms with E-state index in [9.17, 15) is 9.59 Å². The highest BCUT2D eigenvalue weighted by molar-refractivity contribution is 5.79. The summed E-state index contributed by atoms with van der Waals surface area (Å²) >= 11 is 0. The average molecular weight is 392 g/mol. The first-order valence-electron chi connectivity index (χ1n) is 10.5. The number of rotatable bonds is 7. The molecule has 0 spiro atoms. The summed E-state index contributed by atoms with van der Waals surface area (Å²) in [5.41, 5.74) is 3.14. The molecule has 1 aliphatic heterocycles. The van der Waals surface area contributed by atoms with Gasteiger partial charge in [0.1, 0.15) is 12.4 Å². The van der Waals surface area contributed by atoms with Crippen LogP contribution in [-0.4, -0.2) is 36.4 Å². The molecule has 1 aliphatic carbocycles. The third-order valence-corrected chi connectivity index (χ3v) is 5.58. The monoisotopic (exact) mass is 392 g/mol. The van der Waals surface area contributed by atoms with E-state index in [4.69, 9.17) is 4.74 Å². The van der Waals surface area contributed by atoms with Crippen LogP contribution in [-0.2, 0) is 29.0 Å². The Morgan fingerprint density at radius 2 is 1.90 bits per heavy atom. The molecule has 2 aromatic rings. The molecule has 1 heterocycles. The van der Waals surface area contributed by atoms with Crippen LogP contribution in [0.15, 0.2) is 48.5 Å². The Morgan fingerprint density at radius 1 is 1.07 bits per heavy atom. The Balaban J connectivity index is 1.36. The Labute approximate surface area is 172 Å². The van der Waals surface area contributed by atoms with Crippen LogP contribution in [0.4, 0.5) is 0 Å². The van der Waals surface area contributed by atoms with Crippen LogP contribution in [0.2, 0.25) is 0 Å². The van der Waals surface area contributed by atoms with Gasteiger partial charge >= 0.3 is 0 Å². The molecule has 0 aromatic heterocycles. The van der Waals surface area contributed by atoms with E-state index in [2.05, 4.69) is 11.4 Å². The number of carbonyl (C=O) groups excluding carboxylic acids is 2. The summed E-state index contributed by atoms with van der Waals surface area (Å²) in [5, 5.41) is 3.02. The smallest absolute Gasteiger partial charge is 0.227 e. The van der Waals surface area contributed by atoms with Crippen molar-refractivity contribution >= 4 is 11.8 Å². The predicted octanol–water partition coefficient (Wildman–Crippen LogP) is 3.11. The first-order chi connectivity index (χ1) is 14.2. The van der Waals surface area contributed by atoms with Gasteiger partial charge in [0.25, 0.3) is 0 Å². The second kappa shape index (κ2) is 9.12. The minimum Gasteiger partial charge on any atom is -0.491 e. The van der Waals surface area contributed by atoms with Crippen molar-refractivity contribution in [2.75, 3.05) is 19.7 Å². The summed E-state index contributed by atoms with van der Waals surface area (Å²) in [6.45, 7) is 2.44. The van der Waals surface area contributed by atoms with Crippen molar-refractivity contribution in [2.45, 2.75) is 38.6 Å². The molecule has 5 nitrogen and oxygen atoms in total. The van der Waals surface area contributed by atoms with Crippen LogP contribution in [0.3, 0.4) is 0 Å². The number of aryl methyl sites for hydroxylation is 1. The van der Waals surface area contributed by atoms with Gasteiger partial charge < -0.3 is 15.0 Å². The molecular formula is C24H28N2O3. The molecule has 0 unspecified atom stereocenters. The standard InChI is InChI=1S/C24H28N2O3/c27-23(25-16-20-6-7-20)11-9-19-8-10-22-21(14-19)17-26(12-13-29-22)24(28)15-18-4-2-1-3-5-18/h1-5,8,10,14,20H,6-7,9,11-13,15-17H2,(H,25,27). The normalized spacial score (nSPS) is 15.8. The van der Waals surface area contributed by atoms with Crippen molar-refractivity contribution < 1.29 is 14.3 Å². The molecule has 0 saturated heterocycles. The topological polar surface area (TPSA) is 58.6 Å². The van der Waals surface area contributed by atoms with Crippen molar-refractivity contribution in [2.24, 2.45) is 5.92 Å². The molecular weight excluding hydrogens is 364 g/mol. The fourth-order valence-corrected chi connectivity index (χ4v) is 3.62. The summed E-state index contributed by atoms with van der Waals surface area (Å²) in [6, 6.07) is 15.9. The van der Waals surface area contributed by atoms with E-state index in [0.29, 0.717) is 44.9 Å². The average Bonchev–Trinajstić information content (AvgIpc) is 3.57. The highest BCUT2D eigenvalue weighted by Gasteiger charge is 2.22. The van der Waals surface area contributed by atoms with Crippen LogP contribution in [0.25, 0.3) is 0 Å². The lowest BCUT2D eigenvalue weighted by molar-refractivity contribution is -0.131. The third kappa shape index (κ3) is 5.59. The first kappa shape index (κ1) is 19.5. The molecule has 2 amide bonds. The van der Waals surface area contributed by atoms with Crippen molar-refractivity contribution in [1.29, 1.82) is 0 Å². The molecule has 0 bridgehead atoms. The summed E-state index contributed by atoms with van der Waals surface area (Å²) < 4.78 is 5.86. The zero-order chi connectivity index (χ0) is 20.1. The second-order valence-corrected chi connectivity index (χ2v) is 8.02. The Hall–Kier alpha value is -2.82. The van der Waals surface area contributed by atoms with Crippen LogP contribution < -0.4 is 10.1 Å². The fourth-order valence-electron chi connectivity index (χ4n) is 3.62. The molecule has 4 rings (SSSR count). The van der Waals surface area contributed by atoms with E-state index in [1.807, 2.05) is 47.4 Å². The molecule has 1 saturated carbocycles. The molecule has 2 aliphatic rings. The molecule has 1 fully saturated rings. The zero-order valence-corrected chi connectivity index (χ0v) is 16.7. The van der Waals surface area contributed by atoms with Crippen molar-refractivity contribution in [3.63, 3.8) is 0 Å². The lowest BCUT2D eigenvalue weighted by Gasteiger charge is -2.20. The minimum atomic E-state index is 0.109. The van der Waals surface area contributed by atoms with E-state index in [0.717, 1.165) is 29.0 Å². The maximum absolute atomic E-state index is 12.8. The number of amides is 2. The van der Waals surface area contributed by atoms with Gasteiger partial charge in [-0.15, -0.1) is 0 Å². The van der Waals surface area contributed by atoms with E-state index in [1.54, 1.807) is 0 Å². The number of benzene rings is 2. The summed E-state index contributed by atoms with van der Waals surface area (Å²) in [4.78, 5) is 26.7. The largest absolute Gasteiger partial charge is 0.491 e. The maximum atomic E-state index is 12.8. The number of fused-ring (bicyclic) bond motifs is 1. The van der Waals surface area contributed by atoms with Crippen LogP contribution in [0.5, 0.6) is 5.75 Å². The van der Waals surface area contributed by atoms with Gasteiger partial charge in [-0.3, -0.25) is 9.59 Å². The first-order valence-corrected chi connectivity index (χ1v) is 10.5. The predicted molar refractivity (Wildman–Crippen MR) is 112 cm³/mol. The fraction of sp³-hybridized carbons (Fsp3) is 0.417. The van der Waals surface area contributed by atoms with Gasteiger partial charge in [0, 0.05) is 25.1 Å². The van der Waals surface area contributed by atoms with Gasteiger partial charge in [-0.1, -0.05) is 42.5 Å². The van der Waals surface area contributed by atoms with Crippen LogP contribution in [0, 0.1) is 5.92 Å². The molecule has 152 valence electrons. The molecule has 2 aromatic carbocycles. The van der Waals surface area contributed by atoms with Crippen molar-refractivity contribution in [1.82, 2.24) is 10.2 Å². The highest BCUT2D eigenvalue weighted by atomic mass is 16.5. The van der Waals surface area contributed by atoms with Crippen LogP contribution >= 0.6 is 0 Å². The number of hydrogen-bond acceptors (Lipinski definition) is 3. The van der Waals surface area contributed by atoms with Gasteiger partial charge in [-0.2, -0.15) is 0 Å². The molecule has 1 N–H and O–H groups in total. The van der Waals surface area contributed by atoms with Crippen LogP contribution in [0.1, 0.15) is 36.0 Å². The Morgan fingerprint density at radius 3 is 2.69 bits per heavy atom. The van der Waals surface area contributed by atoms with Gasteiger partial charge in [0.05, 0.1) is 13.0 Å². The summed E-state index contributed by atoms with van der Waals surface area (Å²) in [6.07, 6.45) is 4.07. The summed E-state index contributed by atoms with van der Waals surface area (Å²) in [5.74, 6) is 1.75. The van der Waals surface area contributed by atoms with Gasteiger partial charge in [-0.05, 0) is 42.4 Å². The van der Waals surface area contributed by atoms with Gasteiger partial charge in [-0.25, -0.2) is 0 Å². The third-order valence-electron chi connectivity index (χ3n) is 5.58. The number of carbonyl (C=O) groups is 2. The van der Waals surface area contributed by atoms with E-state index >= 15 is 0 Å². The van der Waals surface area contributed by atoms with Crippen molar-refractivity contribution in [3.8, 4) is 5.75 Å². The number of ether oxygens (including phenoxy) is 1. The number of nitrogens with one attached hydrogen (secondary N) is 1. The van der Waals surface area contributed by atoms with Gasteiger partial charge in [0.15, 0.2) is 0 Å². The van der Waals surface area contributed by atoms with E-state index < -0.39 is 0 Å². The van der Waals surface area contributed by atoms with Gasteiger partial charge in [0.2, 0.25) is 11.8 Å². The molecule has 29 heavy (non-hydrogen) atoms. The summed E-state index contributed by atoms with van der Waals surface area (Å²) in [7, 11) is 0.